The molecule has 1 nitrogen and oxygen atoms in total. The zero-order chi connectivity index (χ0) is 12.4. The SMILES string of the molecule is Cc1ccc([SH]2C=NC(c3ccccc3)=C2)cc1. The van der Waals surface area contributed by atoms with Crippen LogP contribution in [0.2, 0.25) is 0 Å². The number of thiol groups is 1. The van der Waals surface area contributed by atoms with Gasteiger partial charge in [-0.1, -0.05) is 48.0 Å². The highest BCUT2D eigenvalue weighted by atomic mass is 32.2. The molecule has 0 saturated carbocycles. The van der Waals surface area contributed by atoms with Gasteiger partial charge in [0.1, 0.15) is 0 Å². The number of benzene rings is 2. The Morgan fingerprint density at radius 1 is 0.889 bits per heavy atom. The maximum absolute atomic E-state index is 4.55. The molecule has 1 atom stereocenters. The highest BCUT2D eigenvalue weighted by Gasteiger charge is 2.10. The van der Waals surface area contributed by atoms with E-state index in [0.717, 1.165) is 5.70 Å². The van der Waals surface area contributed by atoms with Crippen LogP contribution in [0.5, 0.6) is 0 Å². The first kappa shape index (κ1) is 11.3. The van der Waals surface area contributed by atoms with E-state index >= 15 is 0 Å². The van der Waals surface area contributed by atoms with E-state index in [1.807, 2.05) is 6.07 Å². The molecular formula is C16H15NS. The Morgan fingerprint density at radius 3 is 2.33 bits per heavy atom. The van der Waals surface area contributed by atoms with Crippen molar-refractivity contribution in [3.63, 3.8) is 0 Å². The van der Waals surface area contributed by atoms with Crippen LogP contribution in [0.15, 0.2) is 69.9 Å². The third-order valence-corrected chi connectivity index (χ3v) is 4.77. The van der Waals surface area contributed by atoms with E-state index < -0.39 is 0 Å². The van der Waals surface area contributed by atoms with Crippen molar-refractivity contribution >= 4 is 22.1 Å². The smallest absolute Gasteiger partial charge is 0.0759 e. The molecule has 1 aliphatic rings. The molecule has 0 amide bonds. The summed E-state index contributed by atoms with van der Waals surface area (Å²) in [5, 5.41) is 2.29. The maximum atomic E-state index is 4.55. The highest BCUT2D eigenvalue weighted by Crippen LogP contribution is 2.42. The average Bonchev–Trinajstić information content (AvgIpc) is 2.90. The van der Waals surface area contributed by atoms with Gasteiger partial charge in [-0.25, -0.2) is 0 Å². The van der Waals surface area contributed by atoms with Gasteiger partial charge >= 0.3 is 0 Å². The number of nitrogens with zero attached hydrogens (tertiary/aromatic N) is 1. The summed E-state index contributed by atoms with van der Waals surface area (Å²) in [6, 6.07) is 19.1. The number of hydrogen-bond acceptors (Lipinski definition) is 1. The summed E-state index contributed by atoms with van der Waals surface area (Å²) in [5.41, 5.74) is 5.69. The second kappa shape index (κ2) is 4.83. The quantitative estimate of drug-likeness (QED) is 0.762. The zero-order valence-electron chi connectivity index (χ0n) is 10.2. The Morgan fingerprint density at radius 2 is 1.61 bits per heavy atom. The largest absolute Gasteiger partial charge is 0.250 e. The van der Waals surface area contributed by atoms with Crippen LogP contribution in [0.1, 0.15) is 11.1 Å². The van der Waals surface area contributed by atoms with Crippen LogP contribution < -0.4 is 0 Å². The molecular weight excluding hydrogens is 238 g/mol. The fourth-order valence-electron chi connectivity index (χ4n) is 1.94. The zero-order valence-corrected chi connectivity index (χ0v) is 11.1. The van der Waals surface area contributed by atoms with E-state index in [0.29, 0.717) is 0 Å². The summed E-state index contributed by atoms with van der Waals surface area (Å²) in [7, 11) is -0.369. The Kier molecular flexibility index (Phi) is 3.03. The summed E-state index contributed by atoms with van der Waals surface area (Å²) >= 11 is 0. The Labute approximate surface area is 110 Å². The fraction of sp³-hybridized carbons (Fsp3) is 0.0625. The van der Waals surface area contributed by atoms with E-state index in [-0.39, 0.29) is 10.9 Å². The molecule has 1 unspecified atom stereocenters. The first-order valence-corrected chi connectivity index (χ1v) is 7.47. The van der Waals surface area contributed by atoms with Crippen molar-refractivity contribution < 1.29 is 0 Å². The maximum Gasteiger partial charge on any atom is 0.0759 e. The Bertz CT molecular complexity index is 597. The van der Waals surface area contributed by atoms with Gasteiger partial charge in [-0.3, -0.25) is 4.99 Å². The molecule has 2 aromatic carbocycles. The van der Waals surface area contributed by atoms with Crippen molar-refractivity contribution in [2.75, 3.05) is 0 Å². The fourth-order valence-corrected chi connectivity index (χ4v) is 3.51. The van der Waals surface area contributed by atoms with Crippen molar-refractivity contribution in [3.05, 3.63) is 71.1 Å². The monoisotopic (exact) mass is 253 g/mol. The van der Waals surface area contributed by atoms with Crippen molar-refractivity contribution in [3.8, 4) is 0 Å². The van der Waals surface area contributed by atoms with Gasteiger partial charge in [0.15, 0.2) is 0 Å². The molecule has 0 saturated heterocycles. The lowest BCUT2D eigenvalue weighted by Crippen LogP contribution is -1.78. The molecule has 2 heteroatoms. The minimum atomic E-state index is -0.369. The lowest BCUT2D eigenvalue weighted by Gasteiger charge is -2.08. The van der Waals surface area contributed by atoms with Gasteiger partial charge in [0.2, 0.25) is 0 Å². The van der Waals surface area contributed by atoms with Crippen molar-refractivity contribution in [2.45, 2.75) is 11.8 Å². The van der Waals surface area contributed by atoms with E-state index in [2.05, 4.69) is 71.4 Å². The van der Waals surface area contributed by atoms with Gasteiger partial charge in [0.25, 0.3) is 0 Å². The van der Waals surface area contributed by atoms with Crippen LogP contribution in [0.4, 0.5) is 0 Å². The van der Waals surface area contributed by atoms with E-state index in [4.69, 9.17) is 0 Å². The van der Waals surface area contributed by atoms with E-state index in [9.17, 15) is 0 Å². The van der Waals surface area contributed by atoms with Gasteiger partial charge in [-0.2, -0.15) is 10.9 Å². The van der Waals surface area contributed by atoms with Crippen LogP contribution in [-0.4, -0.2) is 5.55 Å². The van der Waals surface area contributed by atoms with Gasteiger partial charge in [0, 0.05) is 11.1 Å². The van der Waals surface area contributed by atoms with Crippen molar-refractivity contribution in [1.29, 1.82) is 0 Å². The van der Waals surface area contributed by atoms with Gasteiger partial charge < -0.3 is 0 Å². The summed E-state index contributed by atoms with van der Waals surface area (Å²) in [4.78, 5) is 5.92. The number of aryl methyl sites for hydroxylation is 1. The standard InChI is InChI=1S/C16H15NS/c1-13-7-9-15(10-8-13)18-11-16(17-12-18)14-5-3-2-4-6-14/h2-12,18H,1H3. The third-order valence-electron chi connectivity index (χ3n) is 2.98. The molecule has 1 heterocycles. The van der Waals surface area contributed by atoms with Crippen LogP contribution in [0, 0.1) is 6.92 Å². The Balaban J connectivity index is 1.89. The third kappa shape index (κ3) is 2.24. The summed E-state index contributed by atoms with van der Waals surface area (Å²) in [5.74, 6) is 0. The van der Waals surface area contributed by atoms with Crippen LogP contribution >= 0.6 is 10.9 Å². The van der Waals surface area contributed by atoms with Gasteiger partial charge in [0.05, 0.1) is 5.70 Å². The number of hydrogen-bond donors (Lipinski definition) is 1. The molecule has 1 aliphatic heterocycles. The van der Waals surface area contributed by atoms with Crippen LogP contribution in [0.25, 0.3) is 5.70 Å². The molecule has 90 valence electrons. The molecule has 0 aliphatic carbocycles. The first-order valence-electron chi connectivity index (χ1n) is 5.99. The normalized spacial score (nSPS) is 19.8. The van der Waals surface area contributed by atoms with Gasteiger partial charge in [-0.15, -0.1) is 0 Å². The van der Waals surface area contributed by atoms with Crippen LogP contribution in [-0.2, 0) is 0 Å². The molecule has 0 aromatic heterocycles. The molecule has 2 aromatic rings. The van der Waals surface area contributed by atoms with E-state index in [1.165, 1.54) is 16.0 Å². The number of aliphatic imine (C=N–C) groups is 1. The topological polar surface area (TPSA) is 12.4 Å². The number of rotatable bonds is 2. The minimum Gasteiger partial charge on any atom is -0.250 e. The van der Waals surface area contributed by atoms with Crippen LogP contribution in [0.3, 0.4) is 0 Å². The summed E-state index contributed by atoms with van der Waals surface area (Å²) in [6.45, 7) is 2.12. The summed E-state index contributed by atoms with van der Waals surface area (Å²) in [6.07, 6.45) is 0. The van der Waals surface area contributed by atoms with Crippen molar-refractivity contribution in [1.82, 2.24) is 0 Å². The molecule has 0 radical (unpaired) electrons. The second-order valence-corrected chi connectivity index (χ2v) is 6.19. The predicted octanol–water partition coefficient (Wildman–Crippen LogP) is 4.40. The highest BCUT2D eigenvalue weighted by molar-refractivity contribution is 8.31. The second-order valence-electron chi connectivity index (χ2n) is 4.37. The first-order chi connectivity index (χ1) is 8.83. The predicted molar refractivity (Wildman–Crippen MR) is 81.3 cm³/mol. The lowest BCUT2D eigenvalue weighted by atomic mass is 10.2. The Hall–Kier alpha value is -1.80. The minimum absolute atomic E-state index is 0.369. The molecule has 0 N–H and O–H groups in total. The molecule has 3 rings (SSSR count). The van der Waals surface area contributed by atoms with Crippen molar-refractivity contribution in [2.24, 2.45) is 4.99 Å². The molecule has 0 spiro atoms. The van der Waals surface area contributed by atoms with E-state index in [1.54, 1.807) is 0 Å². The lowest BCUT2D eigenvalue weighted by molar-refractivity contribution is 1.38. The molecule has 0 bridgehead atoms. The molecule has 0 fully saturated rings. The van der Waals surface area contributed by atoms with Gasteiger partial charge in [-0.05, 0) is 29.4 Å². The average molecular weight is 253 g/mol. The summed E-state index contributed by atoms with van der Waals surface area (Å²) < 4.78 is 0. The molecule has 18 heavy (non-hydrogen) atoms.